The van der Waals surface area contributed by atoms with Gasteiger partial charge in [0, 0.05) is 17.4 Å². The summed E-state index contributed by atoms with van der Waals surface area (Å²) in [5.41, 5.74) is 2.70. The van der Waals surface area contributed by atoms with Crippen LogP contribution in [0.1, 0.15) is 16.8 Å². The van der Waals surface area contributed by atoms with Crippen molar-refractivity contribution in [3.8, 4) is 23.8 Å². The maximum atomic E-state index is 9.08. The largest absolute Gasteiger partial charge is 0.438 e. The molecule has 1 heterocycles. The van der Waals surface area contributed by atoms with E-state index in [0.29, 0.717) is 28.7 Å². The van der Waals surface area contributed by atoms with Gasteiger partial charge in [-0.1, -0.05) is 12.1 Å². The number of aryl methyl sites for hydroxylation is 1. The zero-order valence-electron chi connectivity index (χ0n) is 15.8. The summed E-state index contributed by atoms with van der Waals surface area (Å²) in [5.74, 6) is 1.40. The standard InChI is InChI=1S/C23H14BrN5O/c1-14-10-21(29-23(27-14)28-18-6-2-15(12-25)3-7-18)30-20-9-5-17-11-16(13-26)4-8-19(17)22(20)24/h2-11H,1H3,(H,27,28,29). The van der Waals surface area contributed by atoms with Crippen LogP contribution in [-0.4, -0.2) is 9.97 Å². The fourth-order valence-electron chi connectivity index (χ4n) is 2.94. The first-order chi connectivity index (χ1) is 14.6. The summed E-state index contributed by atoms with van der Waals surface area (Å²) < 4.78 is 6.80. The van der Waals surface area contributed by atoms with Gasteiger partial charge in [0.05, 0.1) is 27.7 Å². The van der Waals surface area contributed by atoms with Gasteiger partial charge in [-0.2, -0.15) is 15.5 Å². The number of nitriles is 2. The molecule has 30 heavy (non-hydrogen) atoms. The molecule has 4 aromatic rings. The van der Waals surface area contributed by atoms with Crippen molar-refractivity contribution in [1.82, 2.24) is 9.97 Å². The van der Waals surface area contributed by atoms with Gasteiger partial charge in [0.1, 0.15) is 5.75 Å². The second-order valence-corrected chi connectivity index (χ2v) is 7.31. The lowest BCUT2D eigenvalue weighted by Crippen LogP contribution is -2.00. The zero-order valence-corrected chi connectivity index (χ0v) is 17.4. The monoisotopic (exact) mass is 455 g/mol. The summed E-state index contributed by atoms with van der Waals surface area (Å²) in [5, 5.41) is 23.0. The van der Waals surface area contributed by atoms with Gasteiger partial charge in [-0.05, 0) is 76.1 Å². The van der Waals surface area contributed by atoms with Gasteiger partial charge in [-0.3, -0.25) is 0 Å². The molecule has 0 radical (unpaired) electrons. The van der Waals surface area contributed by atoms with E-state index in [2.05, 4.69) is 43.4 Å². The molecule has 0 amide bonds. The Labute approximate surface area is 181 Å². The number of ether oxygens (including phenoxy) is 1. The fourth-order valence-corrected chi connectivity index (χ4v) is 3.51. The van der Waals surface area contributed by atoms with Crippen LogP contribution in [0.3, 0.4) is 0 Å². The Morgan fingerprint density at radius 3 is 2.37 bits per heavy atom. The van der Waals surface area contributed by atoms with Crippen LogP contribution in [0, 0.1) is 29.6 Å². The highest BCUT2D eigenvalue weighted by molar-refractivity contribution is 9.10. The molecule has 1 aromatic heterocycles. The minimum absolute atomic E-state index is 0.394. The number of halogens is 1. The number of rotatable bonds is 4. The summed E-state index contributed by atoms with van der Waals surface area (Å²) in [4.78, 5) is 8.84. The third-order valence-electron chi connectivity index (χ3n) is 4.36. The van der Waals surface area contributed by atoms with Gasteiger partial charge in [0.15, 0.2) is 0 Å². The molecule has 0 spiro atoms. The first-order valence-electron chi connectivity index (χ1n) is 8.99. The van der Waals surface area contributed by atoms with Gasteiger partial charge in [-0.25, -0.2) is 4.98 Å². The third kappa shape index (κ3) is 4.07. The lowest BCUT2D eigenvalue weighted by Gasteiger charge is -2.12. The Morgan fingerprint density at radius 1 is 0.900 bits per heavy atom. The molecule has 3 aromatic carbocycles. The third-order valence-corrected chi connectivity index (χ3v) is 5.18. The van der Waals surface area contributed by atoms with Crippen molar-refractivity contribution in [2.45, 2.75) is 6.92 Å². The van der Waals surface area contributed by atoms with Crippen molar-refractivity contribution in [2.24, 2.45) is 0 Å². The van der Waals surface area contributed by atoms with Gasteiger partial charge < -0.3 is 10.1 Å². The number of hydrogen-bond donors (Lipinski definition) is 1. The molecule has 0 aliphatic carbocycles. The number of hydrogen-bond acceptors (Lipinski definition) is 6. The molecule has 6 nitrogen and oxygen atoms in total. The molecule has 4 rings (SSSR count). The van der Waals surface area contributed by atoms with Crippen molar-refractivity contribution in [3.63, 3.8) is 0 Å². The van der Waals surface area contributed by atoms with Crippen LogP contribution in [0.5, 0.6) is 11.6 Å². The molecule has 0 saturated heterocycles. The smallest absolute Gasteiger partial charge is 0.230 e. The molecule has 0 aliphatic heterocycles. The van der Waals surface area contributed by atoms with Crippen molar-refractivity contribution in [1.29, 1.82) is 10.5 Å². The summed E-state index contributed by atoms with van der Waals surface area (Å²) >= 11 is 3.60. The molecule has 7 heteroatoms. The first kappa shape index (κ1) is 19.4. The number of nitrogens with one attached hydrogen (secondary N) is 1. The van der Waals surface area contributed by atoms with E-state index in [1.165, 1.54) is 0 Å². The average Bonchev–Trinajstić information content (AvgIpc) is 2.75. The second-order valence-electron chi connectivity index (χ2n) is 6.51. The highest BCUT2D eigenvalue weighted by atomic mass is 79.9. The molecular weight excluding hydrogens is 442 g/mol. The molecule has 1 N–H and O–H groups in total. The quantitative estimate of drug-likeness (QED) is 0.406. The summed E-state index contributed by atoms with van der Waals surface area (Å²) in [6, 6.07) is 22.2. The van der Waals surface area contributed by atoms with Crippen LogP contribution >= 0.6 is 15.9 Å². The van der Waals surface area contributed by atoms with E-state index in [-0.39, 0.29) is 0 Å². The van der Waals surface area contributed by atoms with E-state index in [0.717, 1.165) is 26.6 Å². The molecule has 144 valence electrons. The Balaban J connectivity index is 1.62. The summed E-state index contributed by atoms with van der Waals surface area (Å²) in [6.45, 7) is 1.86. The molecule has 0 bridgehead atoms. The van der Waals surface area contributed by atoms with Crippen LogP contribution in [0.2, 0.25) is 0 Å². The van der Waals surface area contributed by atoms with Gasteiger partial charge >= 0.3 is 0 Å². The molecule has 0 fully saturated rings. The number of nitrogens with zero attached hydrogens (tertiary/aromatic N) is 4. The highest BCUT2D eigenvalue weighted by Crippen LogP contribution is 2.36. The maximum Gasteiger partial charge on any atom is 0.230 e. The Bertz CT molecular complexity index is 1340. The predicted octanol–water partition coefficient (Wildman–Crippen LogP) is 5.98. The van der Waals surface area contributed by atoms with E-state index in [1.54, 1.807) is 36.4 Å². The lowest BCUT2D eigenvalue weighted by molar-refractivity contribution is 0.460. The van der Waals surface area contributed by atoms with Crippen molar-refractivity contribution in [3.05, 3.63) is 82.0 Å². The number of benzene rings is 3. The molecule has 0 aliphatic rings. The van der Waals surface area contributed by atoms with Crippen LogP contribution in [0.25, 0.3) is 10.8 Å². The highest BCUT2D eigenvalue weighted by Gasteiger charge is 2.11. The minimum Gasteiger partial charge on any atom is -0.438 e. The van der Waals surface area contributed by atoms with Gasteiger partial charge in [0.25, 0.3) is 0 Å². The van der Waals surface area contributed by atoms with E-state index in [4.69, 9.17) is 15.3 Å². The first-order valence-corrected chi connectivity index (χ1v) is 9.78. The van der Waals surface area contributed by atoms with Crippen molar-refractivity contribution >= 4 is 38.3 Å². The van der Waals surface area contributed by atoms with Crippen LogP contribution in [-0.2, 0) is 0 Å². The second kappa shape index (κ2) is 8.20. The number of fused-ring (bicyclic) bond motifs is 1. The predicted molar refractivity (Wildman–Crippen MR) is 118 cm³/mol. The maximum absolute atomic E-state index is 9.08. The fraction of sp³-hybridized carbons (Fsp3) is 0.0435. The topological polar surface area (TPSA) is 94.6 Å². The van der Waals surface area contributed by atoms with E-state index in [1.807, 2.05) is 31.2 Å². The zero-order chi connectivity index (χ0) is 21.1. The van der Waals surface area contributed by atoms with Crippen LogP contribution in [0.15, 0.2) is 65.1 Å². The molecule has 0 unspecified atom stereocenters. The minimum atomic E-state index is 0.394. The molecule has 0 saturated carbocycles. The normalized spacial score (nSPS) is 10.3. The summed E-state index contributed by atoms with van der Waals surface area (Å²) in [6.07, 6.45) is 0. The van der Waals surface area contributed by atoms with Crippen molar-refractivity contribution in [2.75, 3.05) is 5.32 Å². The van der Waals surface area contributed by atoms with Gasteiger partial charge in [-0.15, -0.1) is 0 Å². The van der Waals surface area contributed by atoms with E-state index in [9.17, 15) is 0 Å². The number of anilines is 2. The SMILES string of the molecule is Cc1cc(Oc2ccc3cc(C#N)ccc3c2Br)nc(Nc2ccc(C#N)cc2)n1. The van der Waals surface area contributed by atoms with Crippen LogP contribution in [0.4, 0.5) is 11.6 Å². The lowest BCUT2D eigenvalue weighted by atomic mass is 10.1. The van der Waals surface area contributed by atoms with E-state index < -0.39 is 0 Å². The Kier molecular flexibility index (Phi) is 5.30. The Hall–Kier alpha value is -3.94. The molecular formula is C23H14BrN5O. The van der Waals surface area contributed by atoms with Gasteiger partial charge in [0.2, 0.25) is 11.8 Å². The van der Waals surface area contributed by atoms with E-state index >= 15 is 0 Å². The van der Waals surface area contributed by atoms with Crippen molar-refractivity contribution < 1.29 is 4.74 Å². The average molecular weight is 456 g/mol. The van der Waals surface area contributed by atoms with Crippen LogP contribution < -0.4 is 10.1 Å². The molecule has 0 atom stereocenters. The summed E-state index contributed by atoms with van der Waals surface area (Å²) in [7, 11) is 0. The number of aromatic nitrogens is 2. The Morgan fingerprint density at radius 2 is 1.63 bits per heavy atom.